The van der Waals surface area contributed by atoms with Crippen LogP contribution in [0.5, 0.6) is 0 Å². The topological polar surface area (TPSA) is 37.4 Å². The third kappa shape index (κ3) is 3.28. The average molecular weight is 422 g/mol. The molecular formula is C12H13BrCl3NO2S. The number of halogens is 4. The minimum Gasteiger partial charge on any atom is -0.207 e. The molecule has 0 radical (unpaired) electrons. The van der Waals surface area contributed by atoms with Gasteiger partial charge in [0.1, 0.15) is 4.90 Å². The van der Waals surface area contributed by atoms with Gasteiger partial charge in [0.05, 0.1) is 10.0 Å². The molecule has 1 aromatic rings. The summed E-state index contributed by atoms with van der Waals surface area (Å²) in [7, 11) is -3.74. The molecule has 0 unspecified atom stereocenters. The first kappa shape index (κ1) is 16.8. The maximum absolute atomic E-state index is 12.8. The number of hydrogen-bond donors (Lipinski definition) is 0. The smallest absolute Gasteiger partial charge is 0.207 e. The fourth-order valence-electron chi connectivity index (χ4n) is 2.15. The quantitative estimate of drug-likeness (QED) is 0.655. The minimum atomic E-state index is -3.74. The van der Waals surface area contributed by atoms with E-state index >= 15 is 0 Å². The molecule has 8 heteroatoms. The molecule has 2 rings (SSSR count). The van der Waals surface area contributed by atoms with E-state index in [0.717, 1.165) is 19.3 Å². The van der Waals surface area contributed by atoms with Crippen LogP contribution in [0.2, 0.25) is 10.0 Å². The Kier molecular flexibility index (Phi) is 5.65. The first-order chi connectivity index (χ1) is 9.37. The van der Waals surface area contributed by atoms with E-state index in [2.05, 4.69) is 15.9 Å². The van der Waals surface area contributed by atoms with Crippen LogP contribution in [0.25, 0.3) is 0 Å². The highest BCUT2D eigenvalue weighted by Gasteiger charge is 2.36. The Balaban J connectivity index is 2.47. The molecule has 20 heavy (non-hydrogen) atoms. The molecule has 1 fully saturated rings. The van der Waals surface area contributed by atoms with Crippen molar-refractivity contribution < 1.29 is 8.42 Å². The summed E-state index contributed by atoms with van der Waals surface area (Å²) in [5.74, 6) is 0.238. The zero-order chi connectivity index (χ0) is 14.9. The van der Waals surface area contributed by atoms with Gasteiger partial charge in [0.25, 0.3) is 0 Å². The predicted molar refractivity (Wildman–Crippen MR) is 86.4 cm³/mol. The molecule has 0 aromatic heterocycles. The zero-order valence-corrected chi connectivity index (χ0v) is 15.1. The van der Waals surface area contributed by atoms with Crippen LogP contribution in [0.1, 0.15) is 19.3 Å². The van der Waals surface area contributed by atoms with Gasteiger partial charge in [0, 0.05) is 22.9 Å². The molecule has 0 saturated heterocycles. The molecule has 0 spiro atoms. The molecule has 3 nitrogen and oxygen atoms in total. The van der Waals surface area contributed by atoms with E-state index < -0.39 is 10.0 Å². The van der Waals surface area contributed by atoms with Crippen LogP contribution in [-0.4, -0.2) is 31.2 Å². The number of hydrogen-bond acceptors (Lipinski definition) is 2. The summed E-state index contributed by atoms with van der Waals surface area (Å²) in [6.45, 7) is 0.261. The van der Waals surface area contributed by atoms with Crippen LogP contribution in [0.3, 0.4) is 0 Å². The van der Waals surface area contributed by atoms with Crippen LogP contribution in [-0.2, 0) is 10.0 Å². The van der Waals surface area contributed by atoms with Crippen molar-refractivity contribution in [3.63, 3.8) is 0 Å². The molecule has 0 amide bonds. The Bertz CT molecular complexity index is 582. The van der Waals surface area contributed by atoms with Gasteiger partial charge < -0.3 is 0 Å². The fourth-order valence-corrected chi connectivity index (χ4v) is 6.01. The van der Waals surface area contributed by atoms with Crippen LogP contribution in [0, 0.1) is 0 Å². The third-order valence-electron chi connectivity index (χ3n) is 3.32. The SMILES string of the molecule is O=S(=O)(c1c(Cl)cc(Br)cc1Cl)N(CCCl)C1CCC1. The summed E-state index contributed by atoms with van der Waals surface area (Å²) in [6.07, 6.45) is 2.73. The Labute approximate surface area is 142 Å². The molecule has 0 aliphatic heterocycles. The lowest BCUT2D eigenvalue weighted by Crippen LogP contribution is -2.45. The van der Waals surface area contributed by atoms with E-state index in [9.17, 15) is 8.42 Å². The van der Waals surface area contributed by atoms with Crippen molar-refractivity contribution >= 4 is 60.8 Å². The van der Waals surface area contributed by atoms with Gasteiger partial charge >= 0.3 is 0 Å². The highest BCUT2D eigenvalue weighted by Crippen LogP contribution is 2.37. The Hall–Kier alpha value is 0.480. The lowest BCUT2D eigenvalue weighted by Gasteiger charge is -2.36. The highest BCUT2D eigenvalue weighted by molar-refractivity contribution is 9.10. The van der Waals surface area contributed by atoms with Crippen molar-refractivity contribution in [3.8, 4) is 0 Å². The van der Waals surface area contributed by atoms with Gasteiger partial charge in [-0.3, -0.25) is 0 Å². The molecule has 0 heterocycles. The van der Waals surface area contributed by atoms with E-state index in [0.29, 0.717) is 4.47 Å². The van der Waals surface area contributed by atoms with E-state index in [-0.39, 0.29) is 33.4 Å². The second-order valence-electron chi connectivity index (χ2n) is 4.59. The second-order valence-corrected chi connectivity index (χ2v) is 8.52. The first-order valence-corrected chi connectivity index (χ1v) is 9.62. The monoisotopic (exact) mass is 419 g/mol. The van der Waals surface area contributed by atoms with Crippen LogP contribution >= 0.6 is 50.7 Å². The van der Waals surface area contributed by atoms with Gasteiger partial charge in [0.2, 0.25) is 10.0 Å². The normalized spacial score (nSPS) is 16.4. The Morgan fingerprint density at radius 1 is 1.25 bits per heavy atom. The molecule has 1 aliphatic rings. The third-order valence-corrected chi connectivity index (χ3v) is 6.82. The molecular weight excluding hydrogens is 408 g/mol. The zero-order valence-electron chi connectivity index (χ0n) is 10.5. The molecule has 0 bridgehead atoms. The van der Waals surface area contributed by atoms with Crippen molar-refractivity contribution in [1.82, 2.24) is 4.31 Å². The van der Waals surface area contributed by atoms with Crippen molar-refractivity contribution in [3.05, 3.63) is 26.7 Å². The molecule has 112 valence electrons. The molecule has 1 saturated carbocycles. The van der Waals surface area contributed by atoms with Crippen LogP contribution in [0.15, 0.2) is 21.5 Å². The van der Waals surface area contributed by atoms with Crippen LogP contribution < -0.4 is 0 Å². The van der Waals surface area contributed by atoms with Gasteiger partial charge in [0.15, 0.2) is 0 Å². The number of alkyl halides is 1. The predicted octanol–water partition coefficient (Wildman–Crippen LogP) is 4.54. The summed E-state index contributed by atoms with van der Waals surface area (Å²) >= 11 is 21.1. The summed E-state index contributed by atoms with van der Waals surface area (Å²) in [5, 5.41) is 0.228. The number of nitrogens with zero attached hydrogens (tertiary/aromatic N) is 1. The van der Waals surface area contributed by atoms with E-state index in [1.165, 1.54) is 16.4 Å². The number of benzene rings is 1. The largest absolute Gasteiger partial charge is 0.246 e. The van der Waals surface area contributed by atoms with Crippen LogP contribution in [0.4, 0.5) is 0 Å². The summed E-state index contributed by atoms with van der Waals surface area (Å²) in [5.41, 5.74) is 0. The Morgan fingerprint density at radius 2 is 1.80 bits per heavy atom. The lowest BCUT2D eigenvalue weighted by molar-refractivity contribution is 0.227. The van der Waals surface area contributed by atoms with Crippen molar-refractivity contribution in [2.45, 2.75) is 30.2 Å². The van der Waals surface area contributed by atoms with E-state index in [1.807, 2.05) is 0 Å². The summed E-state index contributed by atoms with van der Waals surface area (Å²) in [4.78, 5) is -0.0407. The fraction of sp³-hybridized carbons (Fsp3) is 0.500. The van der Waals surface area contributed by atoms with Gasteiger partial charge in [-0.25, -0.2) is 8.42 Å². The van der Waals surface area contributed by atoms with E-state index in [4.69, 9.17) is 34.8 Å². The van der Waals surface area contributed by atoms with Crippen molar-refractivity contribution in [2.75, 3.05) is 12.4 Å². The molecule has 1 aromatic carbocycles. The standard InChI is InChI=1S/C12H13BrCl3NO2S/c13-8-6-10(15)12(11(16)7-8)20(18,19)17(5-4-14)9-2-1-3-9/h6-7,9H,1-5H2. The number of sulfonamides is 1. The average Bonchev–Trinajstić information content (AvgIpc) is 2.23. The van der Waals surface area contributed by atoms with E-state index in [1.54, 1.807) is 0 Å². The second kappa shape index (κ2) is 6.71. The highest BCUT2D eigenvalue weighted by atomic mass is 79.9. The first-order valence-electron chi connectivity index (χ1n) is 6.10. The van der Waals surface area contributed by atoms with Gasteiger partial charge in [-0.05, 0) is 25.0 Å². The van der Waals surface area contributed by atoms with Gasteiger partial charge in [-0.2, -0.15) is 4.31 Å². The lowest BCUT2D eigenvalue weighted by atomic mass is 9.93. The minimum absolute atomic E-state index is 0.00506. The number of rotatable bonds is 5. The molecule has 0 atom stereocenters. The maximum Gasteiger partial charge on any atom is 0.246 e. The summed E-state index contributed by atoms with van der Waals surface area (Å²) < 4.78 is 27.6. The Morgan fingerprint density at radius 3 is 2.20 bits per heavy atom. The van der Waals surface area contributed by atoms with Crippen molar-refractivity contribution in [1.29, 1.82) is 0 Å². The van der Waals surface area contributed by atoms with Gasteiger partial charge in [-0.1, -0.05) is 45.6 Å². The maximum atomic E-state index is 12.8. The molecule has 1 aliphatic carbocycles. The van der Waals surface area contributed by atoms with Gasteiger partial charge in [-0.15, -0.1) is 11.6 Å². The molecule has 0 N–H and O–H groups in total. The van der Waals surface area contributed by atoms with Crippen molar-refractivity contribution in [2.24, 2.45) is 0 Å². The summed E-state index contributed by atoms with van der Waals surface area (Å²) in [6, 6.07) is 3.05.